The minimum Gasteiger partial charge on any atom is -0.495 e. The molecule has 0 bridgehead atoms. The Balaban J connectivity index is 2.24. The smallest absolute Gasteiger partial charge is 0.251 e. The maximum absolute atomic E-state index is 13.2. The van der Waals surface area contributed by atoms with E-state index in [1.807, 2.05) is 27.7 Å². The molecule has 0 radical (unpaired) electrons. The van der Waals surface area contributed by atoms with Crippen molar-refractivity contribution in [2.24, 2.45) is 0 Å². The van der Waals surface area contributed by atoms with Crippen molar-refractivity contribution < 1.29 is 22.7 Å². The van der Waals surface area contributed by atoms with Crippen LogP contribution < -0.4 is 15.4 Å². The van der Waals surface area contributed by atoms with Crippen molar-refractivity contribution >= 4 is 21.8 Å². The zero-order valence-electron chi connectivity index (χ0n) is 17.7. The van der Waals surface area contributed by atoms with Crippen LogP contribution >= 0.6 is 0 Å². The number of piperidine rings is 1. The van der Waals surface area contributed by atoms with Crippen molar-refractivity contribution in [1.82, 2.24) is 14.9 Å². The third kappa shape index (κ3) is 5.93. The van der Waals surface area contributed by atoms with Gasteiger partial charge < -0.3 is 15.4 Å². The van der Waals surface area contributed by atoms with Crippen molar-refractivity contribution in [1.29, 1.82) is 0 Å². The fraction of sp³-hybridized carbons (Fsp3) is 0.600. The molecule has 9 heteroatoms. The van der Waals surface area contributed by atoms with Crippen LogP contribution in [0.1, 0.15) is 57.3 Å². The quantitative estimate of drug-likeness (QED) is 0.724. The molecule has 0 unspecified atom stereocenters. The minimum atomic E-state index is -3.82. The first-order valence-electron chi connectivity index (χ1n) is 9.75. The van der Waals surface area contributed by atoms with E-state index in [0.717, 1.165) is 19.3 Å². The number of hydrogen-bond donors (Lipinski definition) is 2. The molecule has 1 saturated heterocycles. The highest BCUT2D eigenvalue weighted by atomic mass is 32.2. The summed E-state index contributed by atoms with van der Waals surface area (Å²) < 4.78 is 33.2. The first-order chi connectivity index (χ1) is 13.5. The summed E-state index contributed by atoms with van der Waals surface area (Å²) in [5, 5.41) is 5.28. The van der Waals surface area contributed by atoms with Crippen LogP contribution in [0.3, 0.4) is 0 Å². The molecule has 2 rings (SSSR count). The zero-order valence-corrected chi connectivity index (χ0v) is 18.6. The molecule has 2 N–H and O–H groups in total. The van der Waals surface area contributed by atoms with E-state index in [9.17, 15) is 18.0 Å². The van der Waals surface area contributed by atoms with Crippen molar-refractivity contribution in [3.63, 3.8) is 0 Å². The minimum absolute atomic E-state index is 0.0412. The van der Waals surface area contributed by atoms with Gasteiger partial charge in [0, 0.05) is 23.7 Å². The Hall–Kier alpha value is -2.13. The average molecular weight is 426 g/mol. The highest BCUT2D eigenvalue weighted by Gasteiger charge is 2.33. The zero-order chi connectivity index (χ0) is 21.8. The lowest BCUT2D eigenvalue weighted by Gasteiger charge is -2.32. The van der Waals surface area contributed by atoms with Gasteiger partial charge in [-0.3, -0.25) is 9.59 Å². The second-order valence-corrected chi connectivity index (χ2v) is 10.2. The third-order valence-electron chi connectivity index (χ3n) is 4.68. The summed E-state index contributed by atoms with van der Waals surface area (Å²) >= 11 is 0. The molecule has 0 aromatic heterocycles. The van der Waals surface area contributed by atoms with Gasteiger partial charge in [-0.1, -0.05) is 6.42 Å². The Morgan fingerprint density at radius 3 is 2.52 bits per heavy atom. The first-order valence-corrected chi connectivity index (χ1v) is 11.2. The number of rotatable bonds is 6. The summed E-state index contributed by atoms with van der Waals surface area (Å²) in [5.41, 5.74) is -0.258. The van der Waals surface area contributed by atoms with Crippen LogP contribution in [-0.4, -0.2) is 56.3 Å². The number of carbonyl (C=O) groups is 2. The largest absolute Gasteiger partial charge is 0.495 e. The monoisotopic (exact) mass is 425 g/mol. The van der Waals surface area contributed by atoms with E-state index in [1.165, 1.54) is 29.6 Å². The van der Waals surface area contributed by atoms with Crippen LogP contribution in [0, 0.1) is 0 Å². The fourth-order valence-electron chi connectivity index (χ4n) is 3.30. The van der Waals surface area contributed by atoms with E-state index < -0.39 is 21.5 Å². The molecule has 1 fully saturated rings. The van der Waals surface area contributed by atoms with Gasteiger partial charge >= 0.3 is 0 Å². The standard InChI is InChI=1S/C20H31N3O5S/c1-14-8-6-7-11-23(14)29(26,27)17-12-15(9-10-16(17)28-5)19(25)21-13-18(24)22-20(2,3)4/h9-10,12,14H,6-8,11,13H2,1-5H3,(H,21,25)(H,22,24)/t14-/m0/s1. The predicted octanol–water partition coefficient (Wildman–Crippen LogP) is 1.90. The fourth-order valence-corrected chi connectivity index (χ4v) is 5.18. The number of benzene rings is 1. The number of ether oxygens (including phenoxy) is 1. The Labute approximate surface area is 173 Å². The molecular weight excluding hydrogens is 394 g/mol. The van der Waals surface area contributed by atoms with E-state index in [2.05, 4.69) is 10.6 Å². The lowest BCUT2D eigenvalue weighted by atomic mass is 10.1. The summed E-state index contributed by atoms with van der Waals surface area (Å²) in [6.07, 6.45) is 2.59. The van der Waals surface area contributed by atoms with E-state index in [-0.39, 0.29) is 34.7 Å². The molecule has 2 amide bonds. The van der Waals surface area contributed by atoms with Crippen LogP contribution in [0.4, 0.5) is 0 Å². The van der Waals surface area contributed by atoms with Crippen molar-refractivity contribution in [2.75, 3.05) is 20.2 Å². The predicted molar refractivity (Wildman–Crippen MR) is 110 cm³/mol. The average Bonchev–Trinajstić information content (AvgIpc) is 2.64. The molecule has 1 aliphatic heterocycles. The van der Waals surface area contributed by atoms with Crippen LogP contribution in [-0.2, 0) is 14.8 Å². The number of carbonyl (C=O) groups excluding carboxylic acids is 2. The van der Waals surface area contributed by atoms with Gasteiger partial charge in [0.15, 0.2) is 0 Å². The molecule has 8 nitrogen and oxygen atoms in total. The number of nitrogens with zero attached hydrogens (tertiary/aromatic N) is 1. The van der Waals surface area contributed by atoms with E-state index in [1.54, 1.807) is 0 Å². The highest BCUT2D eigenvalue weighted by molar-refractivity contribution is 7.89. The Morgan fingerprint density at radius 1 is 1.24 bits per heavy atom. The summed E-state index contributed by atoms with van der Waals surface area (Å²) in [5.74, 6) is -0.668. The molecule has 1 aliphatic rings. The lowest BCUT2D eigenvalue weighted by molar-refractivity contribution is -0.121. The summed E-state index contributed by atoms with van der Waals surface area (Å²) in [6.45, 7) is 7.65. The molecule has 1 aromatic rings. The maximum atomic E-state index is 13.2. The van der Waals surface area contributed by atoms with Crippen LogP contribution in [0.15, 0.2) is 23.1 Å². The number of nitrogens with one attached hydrogen (secondary N) is 2. The van der Waals surface area contributed by atoms with Gasteiger partial charge in [0.2, 0.25) is 15.9 Å². The van der Waals surface area contributed by atoms with Gasteiger partial charge in [0.05, 0.1) is 13.7 Å². The summed E-state index contributed by atoms with van der Waals surface area (Å²) in [6, 6.07) is 4.14. The Kier molecular flexibility index (Phi) is 7.29. The molecule has 0 saturated carbocycles. The molecule has 0 aliphatic carbocycles. The van der Waals surface area contributed by atoms with Crippen LogP contribution in [0.25, 0.3) is 0 Å². The maximum Gasteiger partial charge on any atom is 0.251 e. The summed E-state index contributed by atoms with van der Waals surface area (Å²) in [4.78, 5) is 24.4. The van der Waals surface area contributed by atoms with Crippen LogP contribution in [0.2, 0.25) is 0 Å². The molecule has 162 valence electrons. The second kappa shape index (κ2) is 9.13. The van der Waals surface area contributed by atoms with Crippen molar-refractivity contribution in [2.45, 2.75) is 63.4 Å². The van der Waals surface area contributed by atoms with Gasteiger partial charge in [0.25, 0.3) is 5.91 Å². The lowest BCUT2D eigenvalue weighted by Crippen LogP contribution is -2.45. The molecule has 29 heavy (non-hydrogen) atoms. The van der Waals surface area contributed by atoms with E-state index in [4.69, 9.17) is 4.74 Å². The normalized spacial score (nSPS) is 18.2. The number of amides is 2. The molecular formula is C20H31N3O5S. The van der Waals surface area contributed by atoms with Gasteiger partial charge in [-0.05, 0) is 58.7 Å². The first kappa shape index (κ1) is 23.2. The number of hydrogen-bond acceptors (Lipinski definition) is 5. The highest BCUT2D eigenvalue weighted by Crippen LogP contribution is 2.31. The summed E-state index contributed by atoms with van der Waals surface area (Å²) in [7, 11) is -2.42. The van der Waals surface area contributed by atoms with Gasteiger partial charge in [-0.2, -0.15) is 4.31 Å². The van der Waals surface area contributed by atoms with Crippen molar-refractivity contribution in [3.8, 4) is 5.75 Å². The number of methoxy groups -OCH3 is 1. The van der Waals surface area contributed by atoms with Gasteiger partial charge in [-0.15, -0.1) is 0 Å². The Morgan fingerprint density at radius 2 is 1.93 bits per heavy atom. The van der Waals surface area contributed by atoms with E-state index >= 15 is 0 Å². The molecule has 1 heterocycles. The molecule has 0 spiro atoms. The van der Waals surface area contributed by atoms with Crippen molar-refractivity contribution in [3.05, 3.63) is 23.8 Å². The van der Waals surface area contributed by atoms with Gasteiger partial charge in [0.1, 0.15) is 10.6 Å². The molecule has 1 atom stereocenters. The third-order valence-corrected chi connectivity index (χ3v) is 6.71. The Bertz CT molecular complexity index is 861. The van der Waals surface area contributed by atoms with Gasteiger partial charge in [-0.25, -0.2) is 8.42 Å². The van der Waals surface area contributed by atoms with Crippen LogP contribution in [0.5, 0.6) is 5.75 Å². The second-order valence-electron chi connectivity index (χ2n) is 8.31. The number of sulfonamides is 1. The topological polar surface area (TPSA) is 105 Å². The SMILES string of the molecule is COc1ccc(C(=O)NCC(=O)NC(C)(C)C)cc1S(=O)(=O)N1CCCC[C@@H]1C. The molecule has 1 aromatic carbocycles. The van der Waals surface area contributed by atoms with E-state index in [0.29, 0.717) is 6.54 Å².